The van der Waals surface area contributed by atoms with Crippen LogP contribution in [-0.2, 0) is 0 Å². The fourth-order valence-electron chi connectivity index (χ4n) is 2.98. The number of nitrogens with two attached hydrogens (primary N) is 1. The van der Waals surface area contributed by atoms with Crippen LogP contribution in [0.15, 0.2) is 82.9 Å². The third kappa shape index (κ3) is 4.80. The van der Waals surface area contributed by atoms with Crippen molar-refractivity contribution in [2.75, 3.05) is 5.32 Å². The average Bonchev–Trinajstić information content (AvgIpc) is 2.78. The van der Waals surface area contributed by atoms with Gasteiger partial charge in [-0.25, -0.2) is 9.37 Å². The van der Waals surface area contributed by atoms with Crippen molar-refractivity contribution in [2.45, 2.75) is 0 Å². The zero-order chi connectivity index (χ0) is 21.8. The predicted molar refractivity (Wildman–Crippen MR) is 131 cm³/mol. The molecular formula is C23H17FIN5O. The highest BCUT2D eigenvalue weighted by atomic mass is 127. The normalized spacial score (nSPS) is 11.9. The number of aliphatic imine (C=N–C) groups is 1. The smallest absolute Gasteiger partial charge is 0.136 e. The van der Waals surface area contributed by atoms with Gasteiger partial charge in [-0.3, -0.25) is 4.99 Å². The first-order valence-electron chi connectivity index (χ1n) is 9.27. The van der Waals surface area contributed by atoms with Gasteiger partial charge in [-0.15, -0.1) is 0 Å². The number of hydrogen-bond acceptors (Lipinski definition) is 6. The van der Waals surface area contributed by atoms with Crippen molar-refractivity contribution in [1.29, 1.82) is 0 Å². The van der Waals surface area contributed by atoms with E-state index in [9.17, 15) is 9.50 Å². The first-order chi connectivity index (χ1) is 15.0. The number of rotatable bonds is 5. The number of benzene rings is 3. The molecule has 6 nitrogen and oxygen atoms in total. The van der Waals surface area contributed by atoms with Crippen molar-refractivity contribution >= 4 is 62.5 Å². The van der Waals surface area contributed by atoms with Crippen molar-refractivity contribution in [3.05, 3.63) is 87.9 Å². The molecule has 4 aromatic rings. The minimum absolute atomic E-state index is 0.169. The Morgan fingerprint density at radius 2 is 1.87 bits per heavy atom. The van der Waals surface area contributed by atoms with Crippen LogP contribution in [0.5, 0.6) is 5.75 Å². The Kier molecular flexibility index (Phi) is 6.08. The van der Waals surface area contributed by atoms with Crippen LogP contribution in [0.25, 0.3) is 10.9 Å². The van der Waals surface area contributed by atoms with Crippen LogP contribution in [0.2, 0.25) is 0 Å². The molecule has 8 heteroatoms. The second-order valence-corrected chi connectivity index (χ2v) is 7.77. The number of fused-ring (bicyclic) bond motifs is 1. The van der Waals surface area contributed by atoms with Gasteiger partial charge in [0, 0.05) is 16.8 Å². The third-order valence-electron chi connectivity index (χ3n) is 4.52. The number of halogens is 2. The Morgan fingerprint density at radius 3 is 2.61 bits per heavy atom. The molecule has 0 saturated heterocycles. The van der Waals surface area contributed by atoms with E-state index >= 15 is 0 Å². The predicted octanol–water partition coefficient (Wildman–Crippen LogP) is 5.49. The van der Waals surface area contributed by atoms with Crippen molar-refractivity contribution in [3.63, 3.8) is 0 Å². The minimum Gasteiger partial charge on any atom is -0.508 e. The summed E-state index contributed by atoms with van der Waals surface area (Å²) in [6.45, 7) is 0. The summed E-state index contributed by atoms with van der Waals surface area (Å²) >= 11 is 1.96. The second kappa shape index (κ2) is 9.09. The Balaban J connectivity index is 1.63. The molecule has 4 N–H and O–H groups in total. The van der Waals surface area contributed by atoms with E-state index in [-0.39, 0.29) is 11.6 Å². The molecule has 0 aliphatic heterocycles. The van der Waals surface area contributed by atoms with E-state index in [1.54, 1.807) is 36.4 Å². The molecule has 0 atom stereocenters. The maximum Gasteiger partial charge on any atom is 0.136 e. The molecule has 1 heterocycles. The van der Waals surface area contributed by atoms with Gasteiger partial charge in [0.15, 0.2) is 0 Å². The lowest BCUT2D eigenvalue weighted by atomic mass is 10.1. The number of aromatic nitrogens is 1. The van der Waals surface area contributed by atoms with E-state index in [1.807, 2.05) is 52.9 Å². The lowest BCUT2D eigenvalue weighted by Gasteiger charge is -2.11. The number of anilines is 2. The molecule has 3 aromatic carbocycles. The van der Waals surface area contributed by atoms with Gasteiger partial charge in [-0.05, 0) is 89.3 Å². The summed E-state index contributed by atoms with van der Waals surface area (Å²) in [4.78, 5) is 9.00. The molecule has 0 fully saturated rings. The summed E-state index contributed by atoms with van der Waals surface area (Å²) in [5, 5.41) is 17.4. The fraction of sp³-hybridized carbons (Fsp3) is 0. The van der Waals surface area contributed by atoms with Gasteiger partial charge in [0.25, 0.3) is 0 Å². The highest BCUT2D eigenvalue weighted by Gasteiger charge is 2.08. The molecule has 154 valence electrons. The molecule has 0 aliphatic rings. The van der Waals surface area contributed by atoms with Crippen molar-refractivity contribution < 1.29 is 9.50 Å². The van der Waals surface area contributed by atoms with Gasteiger partial charge in [-0.2, -0.15) is 5.10 Å². The number of aromatic hydroxyl groups is 1. The van der Waals surface area contributed by atoms with E-state index in [2.05, 4.69) is 20.4 Å². The number of nitrogens with zero attached hydrogens (tertiary/aromatic N) is 3. The van der Waals surface area contributed by atoms with E-state index in [0.29, 0.717) is 20.7 Å². The Bertz CT molecular complexity index is 1310. The number of pyridine rings is 1. The van der Waals surface area contributed by atoms with Crippen LogP contribution in [0.4, 0.5) is 21.5 Å². The van der Waals surface area contributed by atoms with Gasteiger partial charge in [0.05, 0.1) is 26.7 Å². The summed E-state index contributed by atoms with van der Waals surface area (Å²) in [6, 6.07) is 20.8. The number of hydrogen-bond donors (Lipinski definition) is 3. The van der Waals surface area contributed by atoms with E-state index in [1.165, 1.54) is 12.3 Å². The third-order valence-corrected chi connectivity index (χ3v) is 5.34. The van der Waals surface area contributed by atoms with Gasteiger partial charge in [-0.1, -0.05) is 6.07 Å². The molecule has 0 unspecified atom stereocenters. The highest BCUT2D eigenvalue weighted by Crippen LogP contribution is 2.27. The van der Waals surface area contributed by atoms with Crippen LogP contribution >= 0.6 is 22.6 Å². The SMILES string of the molecule is NN=C(C=Nc1ccc(O)cc1)c1ccc2c(Nc3ccc(F)c(I)c3)cccc2n1. The van der Waals surface area contributed by atoms with Gasteiger partial charge < -0.3 is 16.3 Å². The Morgan fingerprint density at radius 1 is 1.06 bits per heavy atom. The standard InChI is InChI=1S/C23H17FIN5O/c24-18-10-6-15(12-19(18)25)28-20-2-1-3-21-17(20)9-11-22(29-21)23(30-26)13-27-14-4-7-16(31)8-5-14/h1-13,28,31H,26H2. The summed E-state index contributed by atoms with van der Waals surface area (Å²) in [5.74, 6) is 5.49. The lowest BCUT2D eigenvalue weighted by Crippen LogP contribution is -2.08. The zero-order valence-corrected chi connectivity index (χ0v) is 18.3. The van der Waals surface area contributed by atoms with Crippen LogP contribution in [-0.4, -0.2) is 22.0 Å². The molecule has 1 aromatic heterocycles. The van der Waals surface area contributed by atoms with Crippen molar-refractivity contribution in [2.24, 2.45) is 15.9 Å². The van der Waals surface area contributed by atoms with E-state index < -0.39 is 0 Å². The van der Waals surface area contributed by atoms with Crippen molar-refractivity contribution in [3.8, 4) is 5.75 Å². The lowest BCUT2D eigenvalue weighted by molar-refractivity contribution is 0.475. The molecule has 0 amide bonds. The molecule has 0 bridgehead atoms. The second-order valence-electron chi connectivity index (χ2n) is 6.61. The topological polar surface area (TPSA) is 95.9 Å². The van der Waals surface area contributed by atoms with Gasteiger partial charge in [0.2, 0.25) is 0 Å². The van der Waals surface area contributed by atoms with Crippen LogP contribution < -0.4 is 11.2 Å². The number of hydrazone groups is 1. The van der Waals surface area contributed by atoms with Crippen molar-refractivity contribution in [1.82, 2.24) is 4.98 Å². The van der Waals surface area contributed by atoms with E-state index in [0.717, 1.165) is 22.3 Å². The first kappa shape index (κ1) is 20.7. The van der Waals surface area contributed by atoms with Crippen LogP contribution in [0.1, 0.15) is 5.69 Å². The summed E-state index contributed by atoms with van der Waals surface area (Å²) in [5.41, 5.74) is 4.03. The Labute approximate surface area is 191 Å². The first-order valence-corrected chi connectivity index (χ1v) is 10.3. The summed E-state index contributed by atoms with van der Waals surface area (Å²) in [6.07, 6.45) is 1.53. The molecular weight excluding hydrogens is 508 g/mol. The minimum atomic E-state index is -0.252. The quantitative estimate of drug-likeness (QED) is 0.139. The zero-order valence-electron chi connectivity index (χ0n) is 16.1. The maximum atomic E-state index is 13.5. The fourth-order valence-corrected chi connectivity index (χ4v) is 3.49. The largest absolute Gasteiger partial charge is 0.508 e. The van der Waals surface area contributed by atoms with Crippen LogP contribution in [0, 0.1) is 9.39 Å². The average molecular weight is 525 g/mol. The number of phenols is 1. The van der Waals surface area contributed by atoms with Gasteiger partial charge >= 0.3 is 0 Å². The highest BCUT2D eigenvalue weighted by molar-refractivity contribution is 14.1. The maximum absolute atomic E-state index is 13.5. The summed E-state index contributed by atoms with van der Waals surface area (Å²) < 4.78 is 14.1. The monoisotopic (exact) mass is 525 g/mol. The molecule has 0 aliphatic carbocycles. The molecule has 31 heavy (non-hydrogen) atoms. The Hall–Kier alpha value is -3.53. The molecule has 0 spiro atoms. The van der Waals surface area contributed by atoms with Crippen LogP contribution in [0.3, 0.4) is 0 Å². The summed E-state index contributed by atoms with van der Waals surface area (Å²) in [7, 11) is 0. The van der Waals surface area contributed by atoms with Gasteiger partial charge in [0.1, 0.15) is 17.3 Å². The molecule has 0 saturated carbocycles. The molecule has 4 rings (SSSR count). The number of nitrogens with one attached hydrogen (secondary N) is 1. The number of phenolic OH excluding ortho intramolecular Hbond substituents is 1. The molecule has 0 radical (unpaired) electrons. The van der Waals surface area contributed by atoms with E-state index in [4.69, 9.17) is 5.84 Å².